The average molecular weight is 260 g/mol. The van der Waals surface area contributed by atoms with Crippen LogP contribution in [0.4, 0.5) is 0 Å². The SMILES string of the molecule is O=Cc1c(Cl)c(O)c(Cl)c(Cl)c1Cl. The van der Waals surface area contributed by atoms with E-state index in [4.69, 9.17) is 46.4 Å². The third-order valence-electron chi connectivity index (χ3n) is 1.39. The van der Waals surface area contributed by atoms with Crippen LogP contribution in [0.25, 0.3) is 0 Å². The van der Waals surface area contributed by atoms with Crippen LogP contribution in [0.2, 0.25) is 20.1 Å². The minimum Gasteiger partial charge on any atom is -0.505 e. The molecule has 0 unspecified atom stereocenters. The first kappa shape index (κ1) is 10.9. The minimum atomic E-state index is -0.445. The number of phenolic OH excluding ortho intramolecular Hbond substituents is 1. The third kappa shape index (κ3) is 1.72. The quantitative estimate of drug-likeness (QED) is 0.473. The molecule has 0 saturated heterocycles. The number of carbonyl (C=O) groups is 1. The number of halogens is 4. The molecule has 0 aliphatic rings. The number of phenols is 1. The predicted octanol–water partition coefficient (Wildman–Crippen LogP) is 3.82. The van der Waals surface area contributed by atoms with Crippen LogP contribution < -0.4 is 0 Å². The fourth-order valence-electron chi connectivity index (χ4n) is 0.742. The van der Waals surface area contributed by atoms with Gasteiger partial charge in [-0.3, -0.25) is 4.79 Å². The Hall–Kier alpha value is -0.150. The Morgan fingerprint density at radius 3 is 1.92 bits per heavy atom. The zero-order valence-electron chi connectivity index (χ0n) is 5.94. The van der Waals surface area contributed by atoms with E-state index in [9.17, 15) is 9.90 Å². The van der Waals surface area contributed by atoms with E-state index in [1.165, 1.54) is 0 Å². The van der Waals surface area contributed by atoms with Gasteiger partial charge in [-0.1, -0.05) is 46.4 Å². The molecule has 0 saturated carbocycles. The molecule has 0 heterocycles. The molecule has 2 nitrogen and oxygen atoms in total. The van der Waals surface area contributed by atoms with Crippen LogP contribution >= 0.6 is 46.4 Å². The van der Waals surface area contributed by atoms with E-state index in [0.717, 1.165) is 0 Å². The number of aldehydes is 1. The van der Waals surface area contributed by atoms with Crippen molar-refractivity contribution in [2.45, 2.75) is 0 Å². The van der Waals surface area contributed by atoms with Crippen LogP contribution in [0.5, 0.6) is 5.75 Å². The van der Waals surface area contributed by atoms with Crippen molar-refractivity contribution in [3.63, 3.8) is 0 Å². The molecule has 0 fully saturated rings. The first-order valence-corrected chi connectivity index (χ1v) is 4.52. The molecule has 0 aromatic heterocycles. The molecular formula is C7H2Cl4O2. The van der Waals surface area contributed by atoms with E-state index in [-0.39, 0.29) is 25.7 Å². The Kier molecular flexibility index (Phi) is 3.30. The fourth-order valence-corrected chi connectivity index (χ4v) is 1.73. The molecule has 1 aromatic carbocycles. The standard InChI is InChI=1S/C7H2Cl4O2/c8-3-2(1-12)4(9)7(13)6(11)5(3)10/h1,13H. The number of rotatable bonds is 1. The molecule has 1 rings (SSSR count). The van der Waals surface area contributed by atoms with Crippen LogP contribution in [0.3, 0.4) is 0 Å². The van der Waals surface area contributed by atoms with Gasteiger partial charge in [-0.05, 0) is 0 Å². The van der Waals surface area contributed by atoms with E-state index >= 15 is 0 Å². The van der Waals surface area contributed by atoms with Gasteiger partial charge in [0.2, 0.25) is 0 Å². The van der Waals surface area contributed by atoms with Crippen LogP contribution in [0.15, 0.2) is 0 Å². The lowest BCUT2D eigenvalue weighted by Gasteiger charge is -2.07. The lowest BCUT2D eigenvalue weighted by molar-refractivity contribution is 0.112. The number of benzene rings is 1. The summed E-state index contributed by atoms with van der Waals surface area (Å²) in [4.78, 5) is 10.5. The predicted molar refractivity (Wildman–Crippen MR) is 53.5 cm³/mol. The second kappa shape index (κ2) is 3.93. The van der Waals surface area contributed by atoms with Crippen molar-refractivity contribution in [3.8, 4) is 5.75 Å². The van der Waals surface area contributed by atoms with Gasteiger partial charge in [0.15, 0.2) is 12.0 Å². The Balaban J connectivity index is 3.66. The van der Waals surface area contributed by atoms with Crippen molar-refractivity contribution in [1.82, 2.24) is 0 Å². The average Bonchev–Trinajstić information content (AvgIpc) is 2.13. The van der Waals surface area contributed by atoms with Crippen LogP contribution in [0.1, 0.15) is 10.4 Å². The second-order valence-electron chi connectivity index (χ2n) is 2.14. The highest BCUT2D eigenvalue weighted by Crippen LogP contribution is 2.44. The van der Waals surface area contributed by atoms with Gasteiger partial charge in [-0.2, -0.15) is 0 Å². The molecule has 0 aliphatic carbocycles. The van der Waals surface area contributed by atoms with Gasteiger partial charge in [-0.15, -0.1) is 0 Å². The number of aromatic hydroxyl groups is 1. The minimum absolute atomic E-state index is 0.0653. The highest BCUT2D eigenvalue weighted by molar-refractivity contribution is 6.51. The van der Waals surface area contributed by atoms with Gasteiger partial charge < -0.3 is 5.11 Å². The maximum Gasteiger partial charge on any atom is 0.155 e. The highest BCUT2D eigenvalue weighted by Gasteiger charge is 2.18. The summed E-state index contributed by atoms with van der Waals surface area (Å²) in [5.74, 6) is -0.445. The summed E-state index contributed by atoms with van der Waals surface area (Å²) in [6.45, 7) is 0. The Morgan fingerprint density at radius 1 is 0.923 bits per heavy atom. The maximum absolute atomic E-state index is 10.5. The molecule has 0 aliphatic heterocycles. The molecule has 0 radical (unpaired) electrons. The summed E-state index contributed by atoms with van der Waals surface area (Å²) in [5.41, 5.74) is -0.0739. The topological polar surface area (TPSA) is 37.3 Å². The Labute approximate surface area is 94.0 Å². The van der Waals surface area contributed by atoms with E-state index in [0.29, 0.717) is 6.29 Å². The first-order valence-electron chi connectivity index (χ1n) is 3.00. The highest BCUT2D eigenvalue weighted by atomic mass is 35.5. The lowest BCUT2D eigenvalue weighted by atomic mass is 10.2. The molecule has 1 N–H and O–H groups in total. The van der Waals surface area contributed by atoms with E-state index < -0.39 is 5.75 Å². The summed E-state index contributed by atoms with van der Waals surface area (Å²) in [6.07, 6.45) is 0.395. The van der Waals surface area contributed by atoms with Crippen molar-refractivity contribution >= 4 is 52.7 Å². The molecule has 70 valence electrons. The fraction of sp³-hybridized carbons (Fsp3) is 0. The van der Waals surface area contributed by atoms with Crippen molar-refractivity contribution < 1.29 is 9.90 Å². The number of hydrogen-bond acceptors (Lipinski definition) is 2. The summed E-state index contributed by atoms with van der Waals surface area (Å²) in [6, 6.07) is 0. The lowest BCUT2D eigenvalue weighted by Crippen LogP contribution is -1.87. The van der Waals surface area contributed by atoms with Crippen molar-refractivity contribution in [3.05, 3.63) is 25.7 Å². The Morgan fingerprint density at radius 2 is 1.46 bits per heavy atom. The van der Waals surface area contributed by atoms with E-state index in [2.05, 4.69) is 0 Å². The normalized spacial score (nSPS) is 10.2. The second-order valence-corrected chi connectivity index (χ2v) is 3.65. The summed E-state index contributed by atoms with van der Waals surface area (Å²) >= 11 is 22.3. The van der Waals surface area contributed by atoms with Gasteiger partial charge in [0.25, 0.3) is 0 Å². The van der Waals surface area contributed by atoms with E-state index in [1.54, 1.807) is 0 Å². The zero-order valence-corrected chi connectivity index (χ0v) is 8.97. The van der Waals surface area contributed by atoms with Crippen molar-refractivity contribution in [2.75, 3.05) is 0 Å². The molecule has 1 aromatic rings. The monoisotopic (exact) mass is 258 g/mol. The molecular weight excluding hydrogens is 258 g/mol. The van der Waals surface area contributed by atoms with Crippen molar-refractivity contribution in [1.29, 1.82) is 0 Å². The largest absolute Gasteiger partial charge is 0.505 e. The van der Waals surface area contributed by atoms with Gasteiger partial charge in [-0.25, -0.2) is 0 Å². The van der Waals surface area contributed by atoms with Gasteiger partial charge >= 0.3 is 0 Å². The first-order chi connectivity index (χ1) is 6.00. The smallest absolute Gasteiger partial charge is 0.155 e. The van der Waals surface area contributed by atoms with Gasteiger partial charge in [0.1, 0.15) is 5.02 Å². The molecule has 0 atom stereocenters. The van der Waals surface area contributed by atoms with Crippen LogP contribution in [0, 0.1) is 0 Å². The third-order valence-corrected chi connectivity index (χ3v) is 3.11. The molecule has 0 spiro atoms. The summed E-state index contributed by atoms with van der Waals surface area (Å²) < 4.78 is 0. The Bertz CT molecular complexity index is 346. The molecule has 0 amide bonds. The maximum atomic E-state index is 10.5. The number of carbonyl (C=O) groups excluding carboxylic acids is 1. The van der Waals surface area contributed by atoms with Gasteiger partial charge in [0, 0.05) is 0 Å². The van der Waals surface area contributed by atoms with Crippen LogP contribution in [-0.2, 0) is 0 Å². The summed E-state index contributed by atoms with van der Waals surface area (Å²) in [7, 11) is 0. The molecule has 6 heteroatoms. The van der Waals surface area contributed by atoms with E-state index in [1.807, 2.05) is 0 Å². The van der Waals surface area contributed by atoms with Crippen LogP contribution in [-0.4, -0.2) is 11.4 Å². The number of hydrogen-bond donors (Lipinski definition) is 1. The molecule has 13 heavy (non-hydrogen) atoms. The van der Waals surface area contributed by atoms with Crippen molar-refractivity contribution in [2.24, 2.45) is 0 Å². The van der Waals surface area contributed by atoms with Gasteiger partial charge in [0.05, 0.1) is 20.6 Å². The zero-order chi connectivity index (χ0) is 10.2. The summed E-state index contributed by atoms with van der Waals surface area (Å²) in [5, 5.41) is 8.74. The molecule has 0 bridgehead atoms.